The molecule has 9 heteroatoms. The third-order valence-corrected chi connectivity index (χ3v) is 14.5. The molecule has 3 unspecified atom stereocenters. The number of aliphatic hydroxyl groups is 1. The van der Waals surface area contributed by atoms with Crippen molar-refractivity contribution in [3.8, 4) is 0 Å². The summed E-state index contributed by atoms with van der Waals surface area (Å²) in [5.41, 5.74) is 0. The predicted octanol–water partition coefficient (Wildman–Crippen LogP) is 18.5. The number of unbranched alkanes of at least 4 members (excludes halogenated alkanes) is 34. The lowest BCUT2D eigenvalue weighted by molar-refractivity contribution is -0.870. The quantitative estimate of drug-likeness (QED) is 0.0243. The first kappa shape index (κ1) is 69.2. The number of nitrogens with one attached hydrogen (secondary N) is 1. The maximum Gasteiger partial charge on any atom is 0.472 e. The Morgan fingerprint density at radius 1 is 0.493 bits per heavy atom. The molecule has 416 valence electrons. The first-order valence-electron chi connectivity index (χ1n) is 30.2. The Labute approximate surface area is 441 Å². The van der Waals surface area contributed by atoms with Crippen LogP contribution in [0.15, 0.2) is 60.8 Å². The van der Waals surface area contributed by atoms with Crippen molar-refractivity contribution in [1.29, 1.82) is 0 Å². The van der Waals surface area contributed by atoms with E-state index < -0.39 is 20.0 Å². The summed E-state index contributed by atoms with van der Waals surface area (Å²) in [7, 11) is 1.57. The second kappa shape index (κ2) is 53.0. The molecule has 0 saturated heterocycles. The van der Waals surface area contributed by atoms with Gasteiger partial charge in [-0.3, -0.25) is 13.8 Å². The summed E-state index contributed by atoms with van der Waals surface area (Å²) in [6.45, 7) is 4.73. The summed E-state index contributed by atoms with van der Waals surface area (Å²) in [5, 5.41) is 14.0. The fourth-order valence-electron chi connectivity index (χ4n) is 8.80. The summed E-state index contributed by atoms with van der Waals surface area (Å²) in [5.74, 6) is -0.178. The van der Waals surface area contributed by atoms with Crippen molar-refractivity contribution >= 4 is 13.7 Å². The van der Waals surface area contributed by atoms with Crippen molar-refractivity contribution in [2.75, 3.05) is 40.9 Å². The van der Waals surface area contributed by atoms with Crippen molar-refractivity contribution in [3.63, 3.8) is 0 Å². The van der Waals surface area contributed by atoms with Gasteiger partial charge in [-0.2, -0.15) is 0 Å². The number of phosphoric acid groups is 1. The molecule has 0 aliphatic rings. The molecule has 0 fully saturated rings. The van der Waals surface area contributed by atoms with Gasteiger partial charge in [0.1, 0.15) is 13.2 Å². The van der Waals surface area contributed by atoms with Crippen molar-refractivity contribution in [1.82, 2.24) is 5.32 Å². The van der Waals surface area contributed by atoms with E-state index in [2.05, 4.69) is 67.8 Å². The van der Waals surface area contributed by atoms with Gasteiger partial charge >= 0.3 is 7.82 Å². The van der Waals surface area contributed by atoms with Crippen molar-refractivity contribution in [2.24, 2.45) is 0 Å². The molecule has 8 nitrogen and oxygen atoms in total. The zero-order chi connectivity index (χ0) is 52.0. The molecule has 3 N–H and O–H groups in total. The smallest absolute Gasteiger partial charge is 0.387 e. The molecule has 0 radical (unpaired) electrons. The van der Waals surface area contributed by atoms with Crippen LogP contribution in [-0.4, -0.2) is 73.4 Å². The Balaban J connectivity index is 4.19. The number of quaternary nitrogens is 1. The van der Waals surface area contributed by atoms with Gasteiger partial charge in [-0.1, -0.05) is 274 Å². The molecule has 1 amide bonds. The van der Waals surface area contributed by atoms with Crippen LogP contribution in [0, 0.1) is 0 Å². The lowest BCUT2D eigenvalue weighted by Crippen LogP contribution is -2.45. The minimum Gasteiger partial charge on any atom is -0.387 e. The van der Waals surface area contributed by atoms with Gasteiger partial charge in [-0.05, 0) is 57.8 Å². The van der Waals surface area contributed by atoms with Crippen molar-refractivity contribution in [2.45, 2.75) is 289 Å². The van der Waals surface area contributed by atoms with Crippen LogP contribution >= 0.6 is 7.82 Å². The highest BCUT2D eigenvalue weighted by atomic mass is 31.2. The van der Waals surface area contributed by atoms with Gasteiger partial charge < -0.3 is 19.8 Å². The molecule has 3 atom stereocenters. The van der Waals surface area contributed by atoms with E-state index in [0.29, 0.717) is 17.4 Å². The summed E-state index contributed by atoms with van der Waals surface area (Å²) in [6, 6.07) is -0.851. The standard InChI is InChI=1S/C62H117N2O6P/c1-6-8-10-12-14-16-18-20-22-24-26-28-30-32-34-36-38-40-42-44-46-48-50-52-54-56-62(66)63-60(59-70-71(67,68)69-58-57-64(3,4)5)61(65)55-53-51-49-47-45-43-41-39-37-35-33-31-29-27-25-23-21-19-17-15-13-11-9-7-2/h8,10,14,16,20,22,26,28,53,55,60-61,65H,6-7,9,11-13,15,17-19,21,23-25,27,29-52,54,56-59H2,1-5H3,(H-,63,66,67,68)/p+1/b10-8-,16-14-,22-20-,28-26-,55-53+. The Hall–Kier alpha value is -1.80. The number of aliphatic hydroxyl groups excluding tert-OH is 1. The fourth-order valence-corrected chi connectivity index (χ4v) is 9.54. The van der Waals surface area contributed by atoms with Crippen LogP contribution in [0.5, 0.6) is 0 Å². The largest absolute Gasteiger partial charge is 0.472 e. The Bertz CT molecular complexity index is 1340. The van der Waals surface area contributed by atoms with Gasteiger partial charge in [0.2, 0.25) is 5.91 Å². The molecular formula is C62H118N2O6P+. The molecule has 0 aromatic rings. The number of allylic oxidation sites excluding steroid dienone is 9. The number of hydrogen-bond donors (Lipinski definition) is 3. The van der Waals surface area contributed by atoms with Crippen LogP contribution in [0.3, 0.4) is 0 Å². The Morgan fingerprint density at radius 2 is 0.845 bits per heavy atom. The molecule has 0 rings (SSSR count). The summed E-state index contributed by atoms with van der Waals surface area (Å²) in [6.07, 6.45) is 71.8. The molecule has 0 aliphatic carbocycles. The molecule has 0 spiro atoms. The number of rotatable bonds is 55. The van der Waals surface area contributed by atoms with Gasteiger partial charge in [-0.25, -0.2) is 4.57 Å². The predicted molar refractivity (Wildman–Crippen MR) is 309 cm³/mol. The number of nitrogens with zero attached hydrogens (tertiary/aromatic N) is 1. The molecule has 0 heterocycles. The normalized spacial score (nSPS) is 14.3. The van der Waals surface area contributed by atoms with Crippen LogP contribution in [0.1, 0.15) is 277 Å². The first-order valence-corrected chi connectivity index (χ1v) is 31.7. The zero-order valence-corrected chi connectivity index (χ0v) is 48.4. The summed E-state index contributed by atoms with van der Waals surface area (Å²) >= 11 is 0. The minimum absolute atomic E-state index is 0.0600. The van der Waals surface area contributed by atoms with E-state index in [1.807, 2.05) is 27.2 Å². The van der Waals surface area contributed by atoms with E-state index in [0.717, 1.165) is 64.2 Å². The lowest BCUT2D eigenvalue weighted by atomic mass is 10.0. The number of phosphoric ester groups is 1. The van der Waals surface area contributed by atoms with Crippen molar-refractivity contribution in [3.05, 3.63) is 60.8 Å². The van der Waals surface area contributed by atoms with Gasteiger partial charge in [0.15, 0.2) is 0 Å². The van der Waals surface area contributed by atoms with E-state index in [1.165, 1.54) is 193 Å². The molecule has 0 aliphatic heterocycles. The van der Waals surface area contributed by atoms with E-state index in [1.54, 1.807) is 6.08 Å². The molecule has 0 bridgehead atoms. The van der Waals surface area contributed by atoms with Crippen LogP contribution in [0.2, 0.25) is 0 Å². The Kier molecular flexibility index (Phi) is 51.7. The van der Waals surface area contributed by atoms with Crippen LogP contribution < -0.4 is 5.32 Å². The van der Waals surface area contributed by atoms with Crippen LogP contribution in [0.25, 0.3) is 0 Å². The maximum absolute atomic E-state index is 13.0. The second-order valence-electron chi connectivity index (χ2n) is 21.7. The van der Waals surface area contributed by atoms with Gasteiger partial charge in [0.25, 0.3) is 0 Å². The highest BCUT2D eigenvalue weighted by molar-refractivity contribution is 7.47. The molecule has 0 saturated carbocycles. The maximum atomic E-state index is 13.0. The third-order valence-electron chi connectivity index (χ3n) is 13.5. The highest BCUT2D eigenvalue weighted by Gasteiger charge is 2.27. The monoisotopic (exact) mass is 1020 g/mol. The topological polar surface area (TPSA) is 105 Å². The van der Waals surface area contributed by atoms with Gasteiger partial charge in [0.05, 0.1) is 39.9 Å². The van der Waals surface area contributed by atoms with Crippen molar-refractivity contribution < 1.29 is 32.9 Å². The number of hydrogen-bond acceptors (Lipinski definition) is 5. The first-order chi connectivity index (χ1) is 34.5. The number of carbonyl (C=O) groups excluding carboxylic acids is 1. The average molecular weight is 1020 g/mol. The molecule has 0 aromatic heterocycles. The number of carbonyl (C=O) groups is 1. The SMILES string of the molecule is CC/C=C\C/C=C\C/C=C\C/C=C\CCCCCCCCCCCCCCC(=O)NC(COP(=O)(O)OCC[N+](C)(C)C)C(O)/C=C/CCCCCCCCCCCCCCCCCCCCCCCC. The van der Waals surface area contributed by atoms with Crippen LogP contribution in [0.4, 0.5) is 0 Å². The number of amides is 1. The molecule has 0 aromatic carbocycles. The van der Waals surface area contributed by atoms with E-state index in [-0.39, 0.29) is 19.1 Å². The van der Waals surface area contributed by atoms with Crippen LogP contribution in [-0.2, 0) is 18.4 Å². The van der Waals surface area contributed by atoms with E-state index in [4.69, 9.17) is 9.05 Å². The molecule has 71 heavy (non-hydrogen) atoms. The van der Waals surface area contributed by atoms with Gasteiger partial charge in [-0.15, -0.1) is 0 Å². The summed E-state index contributed by atoms with van der Waals surface area (Å²) < 4.78 is 23.8. The Morgan fingerprint density at radius 3 is 1.24 bits per heavy atom. The van der Waals surface area contributed by atoms with E-state index in [9.17, 15) is 19.4 Å². The number of likely N-dealkylation sites (N-methyl/N-ethyl adjacent to an activating group) is 1. The third kappa shape index (κ3) is 55.8. The van der Waals surface area contributed by atoms with E-state index >= 15 is 0 Å². The van der Waals surface area contributed by atoms with Gasteiger partial charge in [0, 0.05) is 6.42 Å². The summed E-state index contributed by atoms with van der Waals surface area (Å²) in [4.78, 5) is 23.3. The minimum atomic E-state index is -4.35. The lowest BCUT2D eigenvalue weighted by Gasteiger charge is -2.25. The zero-order valence-electron chi connectivity index (χ0n) is 47.5. The fraction of sp³-hybridized carbons (Fsp3) is 0.823. The average Bonchev–Trinajstić information content (AvgIpc) is 3.33. The molecular weight excluding hydrogens is 900 g/mol. The highest BCUT2D eigenvalue weighted by Crippen LogP contribution is 2.43. The second-order valence-corrected chi connectivity index (χ2v) is 23.2.